The predicted octanol–water partition coefficient (Wildman–Crippen LogP) is 17.1. The summed E-state index contributed by atoms with van der Waals surface area (Å²) in [5.41, 5.74) is 0.472. The van der Waals surface area contributed by atoms with Crippen LogP contribution >= 0.6 is 0 Å². The van der Waals surface area contributed by atoms with Gasteiger partial charge in [-0.05, 0) is 181 Å². The molecule has 2 rings (SSSR count). The fourth-order valence-electron chi connectivity index (χ4n) is 5.38. The Hall–Kier alpha value is -0.400. The Kier molecular flexibility index (Phi) is 86.2. The third-order valence-electron chi connectivity index (χ3n) is 9.16. The highest BCUT2D eigenvalue weighted by Gasteiger charge is 2.14. The van der Waals surface area contributed by atoms with Crippen molar-refractivity contribution in [2.24, 2.45) is 11.3 Å². The van der Waals surface area contributed by atoms with Crippen molar-refractivity contribution in [2.75, 3.05) is 99.6 Å². The lowest BCUT2D eigenvalue weighted by Crippen LogP contribution is -2.22. The van der Waals surface area contributed by atoms with E-state index in [1.165, 1.54) is 64.2 Å². The van der Waals surface area contributed by atoms with Gasteiger partial charge in [0.2, 0.25) is 0 Å². The van der Waals surface area contributed by atoms with E-state index in [4.69, 9.17) is 42.6 Å². The van der Waals surface area contributed by atoms with Crippen LogP contribution < -0.4 is 0 Å². The Morgan fingerprint density at radius 1 is 0.435 bits per heavy atom. The van der Waals surface area contributed by atoms with Gasteiger partial charge in [0.25, 0.3) is 0 Å². The van der Waals surface area contributed by atoms with E-state index in [2.05, 4.69) is 102 Å². The summed E-state index contributed by atoms with van der Waals surface area (Å²) >= 11 is 0. The third-order valence-corrected chi connectivity index (χ3v) is 9.16. The molecular weight excluding hydrogens is 869 g/mol. The number of rotatable bonds is 22. The van der Waals surface area contributed by atoms with Gasteiger partial charge in [0.1, 0.15) is 0 Å². The zero-order chi connectivity index (χ0) is 55.3. The SMILES string of the molecule is CCCOCC.CCOC.CCOC(C)(C)C.CCOC(C)(C)CC.CCOC(C)C.CCOC1CCCC1.CCOC1CCCCC1.CCOCC.CCOCC(C)(C)C.CCOCCC(C)C. The van der Waals surface area contributed by atoms with E-state index in [1.807, 2.05) is 76.2 Å². The normalized spacial score (nSPS) is 13.4. The maximum absolute atomic E-state index is 5.48. The van der Waals surface area contributed by atoms with Crippen LogP contribution in [0.1, 0.15) is 250 Å². The molecule has 0 unspecified atom stereocenters. The van der Waals surface area contributed by atoms with Gasteiger partial charge in [0.05, 0.1) is 36.1 Å². The zero-order valence-electron chi connectivity index (χ0n) is 52.3. The smallest absolute Gasteiger partial charge is 0.0623 e. The van der Waals surface area contributed by atoms with Gasteiger partial charge in [-0.1, -0.05) is 80.6 Å². The molecule has 0 bridgehead atoms. The summed E-state index contributed by atoms with van der Waals surface area (Å²) in [6.45, 7) is 63.8. The summed E-state index contributed by atoms with van der Waals surface area (Å²) in [5.74, 6) is 0.779. The molecule has 0 aromatic carbocycles. The topological polar surface area (TPSA) is 92.3 Å². The Morgan fingerprint density at radius 3 is 1.00 bits per heavy atom. The van der Waals surface area contributed by atoms with Gasteiger partial charge in [-0.3, -0.25) is 0 Å². The van der Waals surface area contributed by atoms with Crippen LogP contribution in [-0.2, 0) is 47.4 Å². The standard InChI is InChI=1S/C8H16O.C7H14O.3C7H16O.C6H14O.2C5H12O.C4H10O.C3H8O/c1-2-9-8-6-4-3-5-7-8;1-2-8-7-5-3-4-6-7;1-5-8-6-7(2,3)4;1-5-7(3,4)8-6-2;1-4-8-6-5-7(2)3;1-5-7-6(2,3)4;1-4-6-5(2)3;1-3-5-6-4-2;1-3-5-4-2;1-3-4-2/h8H,2-7H2,1H3;7H,2-6H2,1H3;2*5-6H2,1-4H3;7H,4-6H2,1-3H3;5H2,1-4H3;5H,4H2,1-3H3;3-5H2,1-2H3;3-4H2,1-2H3;3H2,1-2H3. The molecule has 0 N–H and O–H groups in total. The van der Waals surface area contributed by atoms with Crippen molar-refractivity contribution in [1.29, 1.82) is 0 Å². The number of hydrogen-bond acceptors (Lipinski definition) is 10. The fourth-order valence-corrected chi connectivity index (χ4v) is 5.38. The van der Waals surface area contributed by atoms with Gasteiger partial charge >= 0.3 is 0 Å². The second-order valence-corrected chi connectivity index (χ2v) is 19.8. The molecule has 0 atom stereocenters. The van der Waals surface area contributed by atoms with Crippen molar-refractivity contribution in [3.05, 3.63) is 0 Å². The molecule has 0 radical (unpaired) electrons. The van der Waals surface area contributed by atoms with Crippen LogP contribution in [0, 0.1) is 11.3 Å². The molecule has 0 aliphatic heterocycles. The second kappa shape index (κ2) is 69.7. The maximum Gasteiger partial charge on any atom is 0.0623 e. The van der Waals surface area contributed by atoms with Crippen molar-refractivity contribution < 1.29 is 47.4 Å². The molecule has 0 aromatic heterocycles. The van der Waals surface area contributed by atoms with Gasteiger partial charge in [0, 0.05) is 93.0 Å². The number of hydrogen-bond donors (Lipinski definition) is 0. The first-order chi connectivity index (χ1) is 32.4. The van der Waals surface area contributed by atoms with Crippen LogP contribution in [0.5, 0.6) is 0 Å². The molecule has 430 valence electrons. The van der Waals surface area contributed by atoms with E-state index in [1.54, 1.807) is 7.11 Å². The fraction of sp³-hybridized carbons (Fsp3) is 1.00. The van der Waals surface area contributed by atoms with Crippen LogP contribution in [0.25, 0.3) is 0 Å². The van der Waals surface area contributed by atoms with Crippen molar-refractivity contribution in [3.8, 4) is 0 Å². The third kappa shape index (κ3) is 114. The van der Waals surface area contributed by atoms with Gasteiger partial charge in [0.15, 0.2) is 0 Å². The Bertz CT molecular complexity index is 789. The van der Waals surface area contributed by atoms with Crippen LogP contribution in [-0.4, -0.2) is 129 Å². The highest BCUT2D eigenvalue weighted by atomic mass is 16.5. The highest BCUT2D eigenvalue weighted by Crippen LogP contribution is 2.21. The molecule has 2 aliphatic carbocycles. The van der Waals surface area contributed by atoms with Crippen molar-refractivity contribution in [1.82, 2.24) is 0 Å². The minimum atomic E-state index is 0.0503. The van der Waals surface area contributed by atoms with E-state index in [0.29, 0.717) is 23.7 Å². The number of ether oxygens (including phenoxy) is 10. The average molecular weight is 1000 g/mol. The molecule has 0 saturated heterocycles. The lowest BCUT2D eigenvalue weighted by molar-refractivity contribution is -0.0125. The van der Waals surface area contributed by atoms with E-state index in [0.717, 1.165) is 111 Å². The molecule has 2 fully saturated rings. The summed E-state index contributed by atoms with van der Waals surface area (Å²) in [4.78, 5) is 0. The highest BCUT2D eigenvalue weighted by molar-refractivity contribution is 4.66. The van der Waals surface area contributed by atoms with Crippen LogP contribution in [0.4, 0.5) is 0 Å². The summed E-state index contributed by atoms with van der Waals surface area (Å²) in [6, 6.07) is 0. The van der Waals surface area contributed by atoms with Crippen molar-refractivity contribution in [2.45, 2.75) is 280 Å². The summed E-state index contributed by atoms with van der Waals surface area (Å²) in [7, 11) is 1.68. The maximum atomic E-state index is 5.48. The van der Waals surface area contributed by atoms with Crippen molar-refractivity contribution >= 4 is 0 Å². The minimum Gasteiger partial charge on any atom is -0.385 e. The first-order valence-electron chi connectivity index (χ1n) is 28.3. The second-order valence-electron chi connectivity index (χ2n) is 19.8. The average Bonchev–Trinajstić information content (AvgIpc) is 3.80. The largest absolute Gasteiger partial charge is 0.385 e. The van der Waals surface area contributed by atoms with Gasteiger partial charge < -0.3 is 47.4 Å². The zero-order valence-corrected chi connectivity index (χ0v) is 52.3. The lowest BCUT2D eigenvalue weighted by Gasteiger charge is -2.21. The van der Waals surface area contributed by atoms with E-state index in [-0.39, 0.29) is 11.2 Å². The summed E-state index contributed by atoms with van der Waals surface area (Å²) in [5, 5.41) is 0. The minimum absolute atomic E-state index is 0.0503. The quantitative estimate of drug-likeness (QED) is 0.0977. The van der Waals surface area contributed by atoms with Crippen molar-refractivity contribution in [3.63, 3.8) is 0 Å². The van der Waals surface area contributed by atoms with Crippen LogP contribution in [0.2, 0.25) is 0 Å². The van der Waals surface area contributed by atoms with E-state index >= 15 is 0 Å². The van der Waals surface area contributed by atoms with Gasteiger partial charge in [-0.25, -0.2) is 0 Å². The molecule has 10 nitrogen and oxygen atoms in total. The van der Waals surface area contributed by atoms with Crippen LogP contribution in [0.3, 0.4) is 0 Å². The lowest BCUT2D eigenvalue weighted by atomic mass is 9.98. The van der Waals surface area contributed by atoms with E-state index in [9.17, 15) is 0 Å². The molecule has 0 heterocycles. The molecule has 2 saturated carbocycles. The first-order valence-corrected chi connectivity index (χ1v) is 28.3. The Morgan fingerprint density at radius 2 is 0.826 bits per heavy atom. The molecule has 2 aliphatic rings. The monoisotopic (exact) mass is 1000 g/mol. The molecule has 0 aromatic rings. The predicted molar refractivity (Wildman–Crippen MR) is 305 cm³/mol. The Labute approximate surface area is 436 Å². The first kappa shape index (κ1) is 85.4. The molecular formula is C59H134O10. The summed E-state index contributed by atoms with van der Waals surface area (Å²) in [6.07, 6.45) is 17.2. The Balaban J connectivity index is -0.000000101. The molecule has 10 heteroatoms. The molecule has 0 amide bonds. The van der Waals surface area contributed by atoms with Crippen LogP contribution in [0.15, 0.2) is 0 Å². The molecule has 0 spiro atoms. The summed E-state index contributed by atoms with van der Waals surface area (Å²) < 4.78 is 51.2. The molecule has 69 heavy (non-hydrogen) atoms. The van der Waals surface area contributed by atoms with E-state index < -0.39 is 0 Å². The van der Waals surface area contributed by atoms with Gasteiger partial charge in [-0.2, -0.15) is 0 Å². The van der Waals surface area contributed by atoms with Gasteiger partial charge in [-0.15, -0.1) is 0 Å². The number of methoxy groups -OCH3 is 1.